The molecule has 0 aliphatic carbocycles. The molecule has 1 aromatic rings. The van der Waals surface area contributed by atoms with Gasteiger partial charge in [0, 0.05) is 6.04 Å². The van der Waals surface area contributed by atoms with E-state index >= 15 is 0 Å². The van der Waals surface area contributed by atoms with Gasteiger partial charge in [0.1, 0.15) is 5.82 Å². The summed E-state index contributed by atoms with van der Waals surface area (Å²) >= 11 is 5.77. The highest BCUT2D eigenvalue weighted by Gasteiger charge is 2.29. The van der Waals surface area contributed by atoms with Crippen molar-refractivity contribution in [2.75, 3.05) is 18.6 Å². The molecule has 2 unspecified atom stereocenters. The zero-order chi connectivity index (χ0) is 14.8. The SMILES string of the molecule is CNC(Cc1cccc(Cl)c1F)CC1CCS(=O)(=O)C1. The maximum Gasteiger partial charge on any atom is 0.150 e. The average Bonchev–Trinajstić information content (AvgIpc) is 2.73. The predicted molar refractivity (Wildman–Crippen MR) is 79.3 cm³/mol. The molecule has 1 aromatic carbocycles. The number of likely N-dealkylation sites (N-methyl/N-ethyl adjacent to an activating group) is 1. The molecule has 1 aliphatic heterocycles. The number of hydrogen-bond acceptors (Lipinski definition) is 3. The van der Waals surface area contributed by atoms with Crippen LogP contribution in [0.1, 0.15) is 18.4 Å². The van der Waals surface area contributed by atoms with E-state index in [1.165, 1.54) is 6.07 Å². The largest absolute Gasteiger partial charge is 0.317 e. The molecule has 20 heavy (non-hydrogen) atoms. The molecule has 1 N–H and O–H groups in total. The second-order valence-electron chi connectivity index (χ2n) is 5.41. The van der Waals surface area contributed by atoms with Gasteiger partial charge in [-0.25, -0.2) is 12.8 Å². The zero-order valence-electron chi connectivity index (χ0n) is 11.4. The van der Waals surface area contributed by atoms with Gasteiger partial charge in [-0.15, -0.1) is 0 Å². The quantitative estimate of drug-likeness (QED) is 0.906. The van der Waals surface area contributed by atoms with Crippen molar-refractivity contribution in [3.63, 3.8) is 0 Å². The molecule has 0 saturated carbocycles. The second kappa shape index (κ2) is 6.41. The summed E-state index contributed by atoms with van der Waals surface area (Å²) in [7, 11) is -1.04. The smallest absolute Gasteiger partial charge is 0.150 e. The van der Waals surface area contributed by atoms with E-state index in [1.807, 2.05) is 7.05 Å². The number of sulfone groups is 1. The minimum absolute atomic E-state index is 0.0567. The molecule has 2 rings (SSSR count). The molecular formula is C14H19ClFNO2S. The lowest BCUT2D eigenvalue weighted by Crippen LogP contribution is -2.30. The van der Waals surface area contributed by atoms with Gasteiger partial charge in [-0.05, 0) is 43.9 Å². The maximum absolute atomic E-state index is 13.9. The molecule has 1 saturated heterocycles. The Hall–Kier alpha value is -0.650. The molecule has 1 heterocycles. The fraction of sp³-hybridized carbons (Fsp3) is 0.571. The lowest BCUT2D eigenvalue weighted by atomic mass is 9.94. The fourth-order valence-electron chi connectivity index (χ4n) is 2.74. The van der Waals surface area contributed by atoms with Crippen molar-refractivity contribution >= 4 is 21.4 Å². The predicted octanol–water partition coefficient (Wildman–Crippen LogP) is 2.43. The molecule has 0 aromatic heterocycles. The first-order valence-electron chi connectivity index (χ1n) is 6.72. The minimum atomic E-state index is -2.86. The summed E-state index contributed by atoms with van der Waals surface area (Å²) in [6.45, 7) is 0. The summed E-state index contributed by atoms with van der Waals surface area (Å²) in [5, 5.41) is 3.27. The molecule has 0 amide bonds. The monoisotopic (exact) mass is 319 g/mol. The lowest BCUT2D eigenvalue weighted by Gasteiger charge is -2.20. The highest BCUT2D eigenvalue weighted by molar-refractivity contribution is 7.91. The van der Waals surface area contributed by atoms with Crippen LogP contribution in [0.15, 0.2) is 18.2 Å². The molecule has 3 nitrogen and oxygen atoms in total. The van der Waals surface area contributed by atoms with Crippen LogP contribution in [0.2, 0.25) is 5.02 Å². The summed E-state index contributed by atoms with van der Waals surface area (Å²) in [6.07, 6.45) is 1.96. The Morgan fingerprint density at radius 1 is 1.50 bits per heavy atom. The van der Waals surface area contributed by atoms with E-state index in [9.17, 15) is 12.8 Å². The van der Waals surface area contributed by atoms with Gasteiger partial charge in [-0.2, -0.15) is 0 Å². The number of hydrogen-bond donors (Lipinski definition) is 1. The summed E-state index contributed by atoms with van der Waals surface area (Å²) in [4.78, 5) is 0. The average molecular weight is 320 g/mol. The highest BCUT2D eigenvalue weighted by Crippen LogP contribution is 2.25. The Balaban J connectivity index is 2.01. The van der Waals surface area contributed by atoms with Crippen LogP contribution in [0.25, 0.3) is 0 Å². The van der Waals surface area contributed by atoms with Crippen molar-refractivity contribution in [1.82, 2.24) is 5.32 Å². The van der Waals surface area contributed by atoms with E-state index in [4.69, 9.17) is 11.6 Å². The van der Waals surface area contributed by atoms with Crippen LogP contribution in [0.3, 0.4) is 0 Å². The molecule has 0 radical (unpaired) electrons. The van der Waals surface area contributed by atoms with Crippen molar-refractivity contribution in [2.24, 2.45) is 5.92 Å². The molecule has 1 aliphatic rings. The molecule has 0 spiro atoms. The molecule has 112 valence electrons. The van der Waals surface area contributed by atoms with Crippen LogP contribution in [0.4, 0.5) is 4.39 Å². The van der Waals surface area contributed by atoms with Crippen molar-refractivity contribution in [1.29, 1.82) is 0 Å². The van der Waals surface area contributed by atoms with E-state index in [0.717, 1.165) is 6.42 Å². The van der Waals surface area contributed by atoms with Crippen LogP contribution < -0.4 is 5.32 Å². The van der Waals surface area contributed by atoms with Gasteiger partial charge in [0.25, 0.3) is 0 Å². The standard InChI is InChI=1S/C14H19ClFNO2S/c1-17-12(7-10-5-6-20(18,19)9-10)8-11-3-2-4-13(15)14(11)16/h2-4,10,12,17H,5-9H2,1H3. The van der Waals surface area contributed by atoms with E-state index < -0.39 is 9.84 Å². The van der Waals surface area contributed by atoms with E-state index in [1.54, 1.807) is 12.1 Å². The van der Waals surface area contributed by atoms with Crippen molar-refractivity contribution in [3.8, 4) is 0 Å². The van der Waals surface area contributed by atoms with Gasteiger partial charge in [-0.3, -0.25) is 0 Å². The number of rotatable bonds is 5. The van der Waals surface area contributed by atoms with E-state index in [-0.39, 0.29) is 34.3 Å². The van der Waals surface area contributed by atoms with Gasteiger partial charge in [-0.1, -0.05) is 23.7 Å². The van der Waals surface area contributed by atoms with Crippen molar-refractivity contribution in [2.45, 2.75) is 25.3 Å². The third-order valence-electron chi connectivity index (χ3n) is 3.85. The fourth-order valence-corrected chi connectivity index (χ4v) is 4.81. The Bertz CT molecular complexity index is 577. The van der Waals surface area contributed by atoms with Crippen molar-refractivity contribution in [3.05, 3.63) is 34.6 Å². The van der Waals surface area contributed by atoms with Crippen LogP contribution in [0, 0.1) is 11.7 Å². The first-order valence-corrected chi connectivity index (χ1v) is 8.92. The van der Waals surface area contributed by atoms with Gasteiger partial charge in [0.05, 0.1) is 16.5 Å². The Kier molecular flexibility index (Phi) is 5.04. The Morgan fingerprint density at radius 2 is 2.25 bits per heavy atom. The van der Waals surface area contributed by atoms with Gasteiger partial charge in [0.15, 0.2) is 9.84 Å². The normalized spacial score (nSPS) is 22.9. The number of nitrogens with one attached hydrogen (secondary N) is 1. The summed E-state index contributed by atoms with van der Waals surface area (Å²) < 4.78 is 36.8. The van der Waals surface area contributed by atoms with Gasteiger partial charge in [0.2, 0.25) is 0 Å². The lowest BCUT2D eigenvalue weighted by molar-refractivity contribution is 0.419. The third kappa shape index (κ3) is 3.93. The first kappa shape index (κ1) is 15.7. The first-order chi connectivity index (χ1) is 9.41. The van der Waals surface area contributed by atoms with Crippen molar-refractivity contribution < 1.29 is 12.8 Å². The van der Waals surface area contributed by atoms with Gasteiger partial charge >= 0.3 is 0 Å². The third-order valence-corrected chi connectivity index (χ3v) is 5.98. The molecule has 6 heteroatoms. The van der Waals surface area contributed by atoms with E-state index in [0.29, 0.717) is 18.4 Å². The maximum atomic E-state index is 13.9. The van der Waals surface area contributed by atoms with Crippen LogP contribution in [-0.2, 0) is 16.3 Å². The van der Waals surface area contributed by atoms with Crippen LogP contribution in [0.5, 0.6) is 0 Å². The van der Waals surface area contributed by atoms with E-state index in [2.05, 4.69) is 5.32 Å². The van der Waals surface area contributed by atoms with Crippen LogP contribution >= 0.6 is 11.6 Å². The van der Waals surface area contributed by atoms with Gasteiger partial charge < -0.3 is 5.32 Å². The molecular weight excluding hydrogens is 301 g/mol. The minimum Gasteiger partial charge on any atom is -0.317 e. The molecule has 0 bridgehead atoms. The Labute approximate surface area is 124 Å². The summed E-state index contributed by atoms with van der Waals surface area (Å²) in [5.41, 5.74) is 0.567. The highest BCUT2D eigenvalue weighted by atomic mass is 35.5. The summed E-state index contributed by atoms with van der Waals surface area (Å²) in [5.74, 6) is 0.316. The second-order valence-corrected chi connectivity index (χ2v) is 8.04. The Morgan fingerprint density at radius 3 is 2.85 bits per heavy atom. The topological polar surface area (TPSA) is 46.2 Å². The molecule has 2 atom stereocenters. The number of halogens is 2. The summed E-state index contributed by atoms with van der Waals surface area (Å²) in [6, 6.07) is 5.03. The number of benzene rings is 1. The molecule has 1 fully saturated rings. The zero-order valence-corrected chi connectivity index (χ0v) is 13.0. The van der Waals surface area contributed by atoms with Crippen LogP contribution in [-0.4, -0.2) is 33.0 Å².